The number of amides is 1. The smallest absolute Gasteiger partial charge is 0.230 e. The van der Waals surface area contributed by atoms with Gasteiger partial charge in [0.25, 0.3) is 0 Å². The average molecular weight is 246 g/mol. The maximum Gasteiger partial charge on any atom is 0.230 e. The maximum atomic E-state index is 12.4. The van der Waals surface area contributed by atoms with Gasteiger partial charge in [0.1, 0.15) is 0 Å². The van der Waals surface area contributed by atoms with Crippen LogP contribution in [0.4, 0.5) is 0 Å². The molecule has 1 fully saturated rings. The van der Waals surface area contributed by atoms with Gasteiger partial charge in [-0.3, -0.25) is 4.79 Å². The summed E-state index contributed by atoms with van der Waals surface area (Å²) in [6.45, 7) is 1.43. The minimum absolute atomic E-state index is 0.192. The molecule has 2 rings (SSSR count). The fourth-order valence-electron chi connectivity index (χ4n) is 2.57. The minimum atomic E-state index is -0.260. The highest BCUT2D eigenvalue weighted by molar-refractivity contribution is 5.89. The number of benzene rings is 1. The van der Waals surface area contributed by atoms with E-state index in [0.29, 0.717) is 6.54 Å². The molecule has 1 aromatic rings. The first-order valence-electron chi connectivity index (χ1n) is 6.83. The van der Waals surface area contributed by atoms with Crippen LogP contribution in [0, 0.1) is 0 Å². The summed E-state index contributed by atoms with van der Waals surface area (Å²) in [6, 6.07) is 10.2. The van der Waals surface area contributed by atoms with Crippen molar-refractivity contribution in [2.45, 2.75) is 37.5 Å². The van der Waals surface area contributed by atoms with Crippen molar-refractivity contribution in [3.63, 3.8) is 0 Å². The largest absolute Gasteiger partial charge is 0.355 e. The molecule has 0 heterocycles. The topological polar surface area (TPSA) is 55.1 Å². The van der Waals surface area contributed by atoms with E-state index in [4.69, 9.17) is 5.73 Å². The SMILES string of the molecule is NCCCCNC(=O)C1(c2ccccc2)CCC1. The van der Waals surface area contributed by atoms with Crippen LogP contribution in [0.1, 0.15) is 37.7 Å². The third-order valence-electron chi connectivity index (χ3n) is 3.88. The van der Waals surface area contributed by atoms with Crippen molar-refractivity contribution in [2.75, 3.05) is 13.1 Å². The van der Waals surface area contributed by atoms with E-state index in [2.05, 4.69) is 17.4 Å². The summed E-state index contributed by atoms with van der Waals surface area (Å²) in [5.41, 5.74) is 6.35. The van der Waals surface area contributed by atoms with Gasteiger partial charge < -0.3 is 11.1 Å². The summed E-state index contributed by atoms with van der Waals surface area (Å²) in [4.78, 5) is 12.4. The number of nitrogens with two attached hydrogens (primary N) is 1. The fourth-order valence-corrected chi connectivity index (χ4v) is 2.57. The Labute approximate surface area is 109 Å². The van der Waals surface area contributed by atoms with Crippen molar-refractivity contribution in [1.29, 1.82) is 0 Å². The lowest BCUT2D eigenvalue weighted by Gasteiger charge is -2.40. The molecular weight excluding hydrogens is 224 g/mol. The molecule has 0 aromatic heterocycles. The van der Waals surface area contributed by atoms with Crippen LogP contribution in [0.2, 0.25) is 0 Å². The number of hydrogen-bond acceptors (Lipinski definition) is 2. The van der Waals surface area contributed by atoms with Gasteiger partial charge in [-0.25, -0.2) is 0 Å². The van der Waals surface area contributed by atoms with Gasteiger partial charge in [0.2, 0.25) is 5.91 Å². The molecule has 0 saturated heterocycles. The summed E-state index contributed by atoms with van der Waals surface area (Å²) in [5.74, 6) is 0.192. The third-order valence-corrected chi connectivity index (χ3v) is 3.88. The Bertz CT molecular complexity index is 385. The number of rotatable bonds is 6. The number of carbonyl (C=O) groups excluding carboxylic acids is 1. The first kappa shape index (κ1) is 13.1. The van der Waals surface area contributed by atoms with Gasteiger partial charge in [-0.05, 0) is 37.8 Å². The molecule has 98 valence electrons. The lowest BCUT2D eigenvalue weighted by Crippen LogP contribution is -2.49. The number of unbranched alkanes of at least 4 members (excludes halogenated alkanes) is 1. The van der Waals surface area contributed by atoms with E-state index in [-0.39, 0.29) is 11.3 Å². The van der Waals surface area contributed by atoms with E-state index >= 15 is 0 Å². The van der Waals surface area contributed by atoms with Crippen LogP contribution in [0.25, 0.3) is 0 Å². The normalized spacial score (nSPS) is 16.9. The van der Waals surface area contributed by atoms with Crippen LogP contribution in [0.3, 0.4) is 0 Å². The van der Waals surface area contributed by atoms with Gasteiger partial charge in [0.15, 0.2) is 0 Å². The van der Waals surface area contributed by atoms with E-state index in [1.54, 1.807) is 0 Å². The van der Waals surface area contributed by atoms with Crippen molar-refractivity contribution < 1.29 is 4.79 Å². The first-order chi connectivity index (χ1) is 8.79. The molecule has 1 aromatic carbocycles. The van der Waals surface area contributed by atoms with Gasteiger partial charge >= 0.3 is 0 Å². The Morgan fingerprint density at radius 1 is 1.22 bits per heavy atom. The molecule has 0 aliphatic heterocycles. The Morgan fingerprint density at radius 2 is 1.94 bits per heavy atom. The Morgan fingerprint density at radius 3 is 2.50 bits per heavy atom. The number of carbonyl (C=O) groups is 1. The highest BCUT2D eigenvalue weighted by Crippen LogP contribution is 2.43. The van der Waals surface area contributed by atoms with Crippen LogP contribution in [0.15, 0.2) is 30.3 Å². The lowest BCUT2D eigenvalue weighted by atomic mass is 9.64. The molecule has 0 radical (unpaired) electrons. The molecular formula is C15H22N2O. The second kappa shape index (κ2) is 6.01. The summed E-state index contributed by atoms with van der Waals surface area (Å²) in [6.07, 6.45) is 5.02. The zero-order valence-electron chi connectivity index (χ0n) is 10.8. The molecule has 0 bridgehead atoms. The van der Waals surface area contributed by atoms with Gasteiger partial charge in [-0.2, -0.15) is 0 Å². The molecule has 3 nitrogen and oxygen atoms in total. The Hall–Kier alpha value is -1.35. The van der Waals surface area contributed by atoms with Crippen molar-refractivity contribution in [3.8, 4) is 0 Å². The van der Waals surface area contributed by atoms with E-state index < -0.39 is 0 Å². The lowest BCUT2D eigenvalue weighted by molar-refractivity contribution is -0.129. The van der Waals surface area contributed by atoms with Crippen molar-refractivity contribution in [1.82, 2.24) is 5.32 Å². The van der Waals surface area contributed by atoms with E-state index in [9.17, 15) is 4.79 Å². The van der Waals surface area contributed by atoms with E-state index in [1.165, 1.54) is 0 Å². The monoisotopic (exact) mass is 246 g/mol. The Kier molecular flexibility index (Phi) is 4.37. The highest BCUT2D eigenvalue weighted by atomic mass is 16.2. The molecule has 0 atom stereocenters. The van der Waals surface area contributed by atoms with Crippen LogP contribution < -0.4 is 11.1 Å². The predicted octanol–water partition coefficient (Wildman–Crippen LogP) is 1.96. The molecule has 3 N–H and O–H groups in total. The molecule has 1 saturated carbocycles. The van der Waals surface area contributed by atoms with E-state index in [0.717, 1.165) is 44.2 Å². The molecule has 0 unspecified atom stereocenters. The molecule has 3 heteroatoms. The molecule has 1 aliphatic rings. The average Bonchev–Trinajstić information content (AvgIpc) is 2.35. The summed E-state index contributed by atoms with van der Waals surface area (Å²) >= 11 is 0. The number of nitrogens with one attached hydrogen (secondary N) is 1. The van der Waals surface area contributed by atoms with Crippen LogP contribution in [0.5, 0.6) is 0 Å². The second-order valence-corrected chi connectivity index (χ2v) is 5.05. The maximum absolute atomic E-state index is 12.4. The van der Waals surface area contributed by atoms with Crippen LogP contribution in [-0.4, -0.2) is 19.0 Å². The summed E-state index contributed by atoms with van der Waals surface area (Å²) < 4.78 is 0. The molecule has 0 spiro atoms. The third kappa shape index (κ3) is 2.56. The Balaban J connectivity index is 1.98. The van der Waals surface area contributed by atoms with Gasteiger partial charge in [-0.15, -0.1) is 0 Å². The first-order valence-corrected chi connectivity index (χ1v) is 6.83. The minimum Gasteiger partial charge on any atom is -0.355 e. The van der Waals surface area contributed by atoms with Gasteiger partial charge in [0, 0.05) is 6.54 Å². The van der Waals surface area contributed by atoms with Crippen molar-refractivity contribution in [3.05, 3.63) is 35.9 Å². The van der Waals surface area contributed by atoms with Crippen LogP contribution in [-0.2, 0) is 10.2 Å². The van der Waals surface area contributed by atoms with Gasteiger partial charge in [0.05, 0.1) is 5.41 Å². The quantitative estimate of drug-likeness (QED) is 0.754. The standard InChI is InChI=1S/C15H22N2O/c16-11-4-5-12-17-14(18)15(9-6-10-15)13-7-2-1-3-8-13/h1-3,7-8H,4-6,9-12,16H2,(H,17,18). The molecule has 1 amide bonds. The molecule has 1 aliphatic carbocycles. The van der Waals surface area contributed by atoms with Crippen LogP contribution >= 0.6 is 0 Å². The van der Waals surface area contributed by atoms with Crippen molar-refractivity contribution in [2.24, 2.45) is 5.73 Å². The zero-order valence-corrected chi connectivity index (χ0v) is 10.8. The highest BCUT2D eigenvalue weighted by Gasteiger charge is 2.45. The van der Waals surface area contributed by atoms with Crippen molar-refractivity contribution >= 4 is 5.91 Å². The summed E-state index contributed by atoms with van der Waals surface area (Å²) in [5, 5.41) is 3.06. The predicted molar refractivity (Wildman–Crippen MR) is 73.3 cm³/mol. The fraction of sp³-hybridized carbons (Fsp3) is 0.533. The zero-order chi connectivity index (χ0) is 12.8. The van der Waals surface area contributed by atoms with Gasteiger partial charge in [-0.1, -0.05) is 36.8 Å². The van der Waals surface area contributed by atoms with E-state index in [1.807, 2.05) is 18.2 Å². The summed E-state index contributed by atoms with van der Waals surface area (Å²) in [7, 11) is 0. The second-order valence-electron chi connectivity index (χ2n) is 5.05. The number of hydrogen-bond donors (Lipinski definition) is 2. The molecule has 18 heavy (non-hydrogen) atoms.